The second kappa shape index (κ2) is 6.25. The standard InChI is InChI=1S/C12H13ClO4/c1-8(14)16-7-12(17-9(2)15)10-5-3-4-6-11(10)13/h3-6,12H,7H2,1-2H3/t12-/m0/s1. The Morgan fingerprint density at radius 1 is 1.24 bits per heavy atom. The van der Waals surface area contributed by atoms with Gasteiger partial charge < -0.3 is 9.47 Å². The van der Waals surface area contributed by atoms with Crippen molar-refractivity contribution in [1.29, 1.82) is 0 Å². The molecule has 0 unspecified atom stereocenters. The second-order valence-corrected chi connectivity index (χ2v) is 3.83. The molecule has 0 bridgehead atoms. The van der Waals surface area contributed by atoms with Crippen LogP contribution in [-0.4, -0.2) is 18.5 Å². The zero-order chi connectivity index (χ0) is 12.8. The van der Waals surface area contributed by atoms with E-state index in [0.29, 0.717) is 10.6 Å². The number of esters is 2. The topological polar surface area (TPSA) is 52.6 Å². The van der Waals surface area contributed by atoms with Crippen molar-refractivity contribution in [2.75, 3.05) is 6.61 Å². The van der Waals surface area contributed by atoms with Crippen molar-refractivity contribution < 1.29 is 19.1 Å². The summed E-state index contributed by atoms with van der Waals surface area (Å²) in [6.07, 6.45) is -0.676. The predicted molar refractivity (Wildman–Crippen MR) is 62.6 cm³/mol. The summed E-state index contributed by atoms with van der Waals surface area (Å²) >= 11 is 5.99. The smallest absolute Gasteiger partial charge is 0.303 e. The molecule has 0 aliphatic carbocycles. The molecule has 4 nitrogen and oxygen atoms in total. The van der Waals surface area contributed by atoms with Gasteiger partial charge in [0.05, 0.1) is 0 Å². The number of halogens is 1. The van der Waals surface area contributed by atoms with Crippen LogP contribution in [0, 0.1) is 0 Å². The normalized spacial score (nSPS) is 11.7. The highest BCUT2D eigenvalue weighted by atomic mass is 35.5. The first-order valence-corrected chi connectivity index (χ1v) is 5.43. The molecule has 0 aromatic heterocycles. The molecule has 0 amide bonds. The van der Waals surface area contributed by atoms with E-state index in [0.717, 1.165) is 0 Å². The molecule has 0 fully saturated rings. The molecule has 0 N–H and O–H groups in total. The number of carbonyl (C=O) groups is 2. The van der Waals surface area contributed by atoms with Crippen LogP contribution in [0.2, 0.25) is 5.02 Å². The SMILES string of the molecule is CC(=O)OC[C@H](OC(C)=O)c1ccccc1Cl. The van der Waals surface area contributed by atoms with Crippen LogP contribution in [0.15, 0.2) is 24.3 Å². The Balaban J connectivity index is 2.85. The Hall–Kier alpha value is -1.55. The largest absolute Gasteiger partial charge is 0.462 e. The molecule has 1 atom stereocenters. The van der Waals surface area contributed by atoms with Crippen LogP contribution in [0.25, 0.3) is 0 Å². The van der Waals surface area contributed by atoms with Crippen molar-refractivity contribution in [1.82, 2.24) is 0 Å². The van der Waals surface area contributed by atoms with Gasteiger partial charge >= 0.3 is 11.9 Å². The molecule has 0 radical (unpaired) electrons. The lowest BCUT2D eigenvalue weighted by Crippen LogP contribution is -2.16. The van der Waals surface area contributed by atoms with Crippen molar-refractivity contribution in [3.63, 3.8) is 0 Å². The summed E-state index contributed by atoms with van der Waals surface area (Å²) in [5.41, 5.74) is 0.616. The summed E-state index contributed by atoms with van der Waals surface area (Å²) in [6, 6.07) is 6.94. The maximum absolute atomic E-state index is 11.0. The summed E-state index contributed by atoms with van der Waals surface area (Å²) in [5, 5.41) is 0.464. The van der Waals surface area contributed by atoms with E-state index in [4.69, 9.17) is 21.1 Å². The van der Waals surface area contributed by atoms with E-state index in [1.54, 1.807) is 24.3 Å². The maximum Gasteiger partial charge on any atom is 0.303 e. The highest BCUT2D eigenvalue weighted by Crippen LogP contribution is 2.25. The molecule has 17 heavy (non-hydrogen) atoms. The van der Waals surface area contributed by atoms with Gasteiger partial charge in [-0.05, 0) is 6.07 Å². The molecule has 5 heteroatoms. The zero-order valence-corrected chi connectivity index (χ0v) is 10.4. The Kier molecular flexibility index (Phi) is 4.97. The summed E-state index contributed by atoms with van der Waals surface area (Å²) in [4.78, 5) is 21.7. The Bertz CT molecular complexity index is 417. The number of benzene rings is 1. The van der Waals surface area contributed by atoms with Gasteiger partial charge in [0.1, 0.15) is 6.61 Å². The van der Waals surface area contributed by atoms with Gasteiger partial charge in [0, 0.05) is 24.4 Å². The minimum Gasteiger partial charge on any atom is -0.462 e. The van der Waals surface area contributed by atoms with E-state index in [-0.39, 0.29) is 6.61 Å². The van der Waals surface area contributed by atoms with E-state index in [1.165, 1.54) is 13.8 Å². The quantitative estimate of drug-likeness (QED) is 0.777. The van der Waals surface area contributed by atoms with Gasteiger partial charge in [-0.2, -0.15) is 0 Å². The van der Waals surface area contributed by atoms with Crippen LogP contribution in [0.4, 0.5) is 0 Å². The Labute approximate surface area is 104 Å². The van der Waals surface area contributed by atoms with Gasteiger partial charge in [-0.1, -0.05) is 29.8 Å². The lowest BCUT2D eigenvalue weighted by atomic mass is 10.1. The first kappa shape index (κ1) is 13.5. The molecule has 0 spiro atoms. The lowest BCUT2D eigenvalue weighted by molar-refractivity contribution is -0.156. The maximum atomic E-state index is 11.0. The van der Waals surface area contributed by atoms with E-state index in [1.807, 2.05) is 0 Å². The minimum atomic E-state index is -0.676. The van der Waals surface area contributed by atoms with Gasteiger partial charge in [0.25, 0.3) is 0 Å². The summed E-state index contributed by atoms with van der Waals surface area (Å²) < 4.78 is 9.91. The molecular formula is C12H13ClO4. The number of hydrogen-bond donors (Lipinski definition) is 0. The van der Waals surface area contributed by atoms with Crippen LogP contribution >= 0.6 is 11.6 Å². The number of hydrogen-bond acceptors (Lipinski definition) is 4. The molecule has 0 aliphatic heterocycles. The number of ether oxygens (including phenoxy) is 2. The van der Waals surface area contributed by atoms with Crippen LogP contribution < -0.4 is 0 Å². The van der Waals surface area contributed by atoms with Crippen molar-refractivity contribution in [3.05, 3.63) is 34.9 Å². The third-order valence-electron chi connectivity index (χ3n) is 2.00. The monoisotopic (exact) mass is 256 g/mol. The molecule has 1 rings (SSSR count). The average Bonchev–Trinajstić information content (AvgIpc) is 2.24. The molecule has 0 saturated carbocycles. The van der Waals surface area contributed by atoms with Crippen molar-refractivity contribution in [2.45, 2.75) is 20.0 Å². The fourth-order valence-corrected chi connectivity index (χ4v) is 1.57. The van der Waals surface area contributed by atoms with E-state index >= 15 is 0 Å². The molecule has 0 saturated heterocycles. The van der Waals surface area contributed by atoms with Crippen molar-refractivity contribution in [2.24, 2.45) is 0 Å². The highest BCUT2D eigenvalue weighted by Gasteiger charge is 2.18. The molecule has 1 aromatic rings. The van der Waals surface area contributed by atoms with E-state index < -0.39 is 18.0 Å². The first-order valence-electron chi connectivity index (χ1n) is 5.05. The molecule has 0 aliphatic rings. The van der Waals surface area contributed by atoms with Gasteiger partial charge in [-0.15, -0.1) is 0 Å². The van der Waals surface area contributed by atoms with Gasteiger partial charge in [0.15, 0.2) is 6.10 Å². The average molecular weight is 257 g/mol. The van der Waals surface area contributed by atoms with E-state index in [9.17, 15) is 9.59 Å². The fraction of sp³-hybridized carbons (Fsp3) is 0.333. The number of carbonyl (C=O) groups excluding carboxylic acids is 2. The van der Waals surface area contributed by atoms with Crippen molar-refractivity contribution >= 4 is 23.5 Å². The summed E-state index contributed by atoms with van der Waals surface area (Å²) in [5.74, 6) is -0.892. The first-order chi connectivity index (χ1) is 8.00. The molecule has 1 aromatic carbocycles. The minimum absolute atomic E-state index is 0.0430. The van der Waals surface area contributed by atoms with Crippen molar-refractivity contribution in [3.8, 4) is 0 Å². The summed E-state index contributed by atoms with van der Waals surface area (Å²) in [6.45, 7) is 2.54. The second-order valence-electron chi connectivity index (χ2n) is 3.42. The third kappa shape index (κ3) is 4.44. The third-order valence-corrected chi connectivity index (χ3v) is 2.34. The molecule has 0 heterocycles. The summed E-state index contributed by atoms with van der Waals surface area (Å²) in [7, 11) is 0. The van der Waals surface area contributed by atoms with Crippen LogP contribution in [0.1, 0.15) is 25.5 Å². The van der Waals surface area contributed by atoms with Gasteiger partial charge in [-0.25, -0.2) is 0 Å². The lowest BCUT2D eigenvalue weighted by Gasteiger charge is -2.18. The predicted octanol–water partition coefficient (Wildman–Crippen LogP) is 2.51. The van der Waals surface area contributed by atoms with E-state index in [2.05, 4.69) is 0 Å². The zero-order valence-electron chi connectivity index (χ0n) is 9.60. The molecular weight excluding hydrogens is 244 g/mol. The Morgan fingerprint density at radius 2 is 1.88 bits per heavy atom. The molecule has 92 valence electrons. The highest BCUT2D eigenvalue weighted by molar-refractivity contribution is 6.31. The van der Waals surface area contributed by atoms with Gasteiger partial charge in [-0.3, -0.25) is 9.59 Å². The Morgan fingerprint density at radius 3 is 2.41 bits per heavy atom. The van der Waals surface area contributed by atoms with Gasteiger partial charge in [0.2, 0.25) is 0 Å². The fourth-order valence-electron chi connectivity index (χ4n) is 1.32. The van der Waals surface area contributed by atoms with Crippen LogP contribution in [0.5, 0.6) is 0 Å². The number of rotatable bonds is 4. The van der Waals surface area contributed by atoms with Crippen LogP contribution in [-0.2, 0) is 19.1 Å². The van der Waals surface area contributed by atoms with Crippen LogP contribution in [0.3, 0.4) is 0 Å².